The first-order valence-electron chi connectivity index (χ1n) is 9.09. The second kappa shape index (κ2) is 7.13. The van der Waals surface area contributed by atoms with Gasteiger partial charge >= 0.3 is 0 Å². The van der Waals surface area contributed by atoms with Gasteiger partial charge in [-0.25, -0.2) is 4.98 Å². The number of anilines is 2. The maximum Gasteiger partial charge on any atom is 0.257 e. The van der Waals surface area contributed by atoms with Crippen LogP contribution in [-0.4, -0.2) is 22.7 Å². The molecular formula is C21H15N3O3S2. The largest absolute Gasteiger partial charge is 0.298 e. The van der Waals surface area contributed by atoms with E-state index >= 15 is 0 Å². The average molecular weight is 422 g/mol. The van der Waals surface area contributed by atoms with E-state index in [1.54, 1.807) is 36.0 Å². The van der Waals surface area contributed by atoms with E-state index in [1.165, 1.54) is 21.1 Å². The highest BCUT2D eigenvalue weighted by Gasteiger charge is 2.30. The zero-order valence-electron chi connectivity index (χ0n) is 15.2. The number of carbonyl (C=O) groups excluding carboxylic acids is 3. The van der Waals surface area contributed by atoms with E-state index in [0.717, 1.165) is 21.9 Å². The zero-order chi connectivity index (χ0) is 20.0. The van der Waals surface area contributed by atoms with Crippen molar-refractivity contribution in [1.82, 2.24) is 4.98 Å². The number of thiazole rings is 1. The molecule has 3 heterocycles. The van der Waals surface area contributed by atoms with Gasteiger partial charge in [-0.1, -0.05) is 18.2 Å². The first-order valence-corrected chi connectivity index (χ1v) is 10.9. The van der Waals surface area contributed by atoms with Gasteiger partial charge in [0.25, 0.3) is 5.91 Å². The summed E-state index contributed by atoms with van der Waals surface area (Å²) in [5, 5.41) is 3.43. The molecule has 1 aromatic heterocycles. The Kier molecular flexibility index (Phi) is 4.44. The Labute approximate surface area is 175 Å². The summed E-state index contributed by atoms with van der Waals surface area (Å²) in [7, 11) is 0. The third-order valence-corrected chi connectivity index (χ3v) is 7.11. The van der Waals surface area contributed by atoms with Crippen LogP contribution < -0.4 is 10.2 Å². The molecule has 3 amide bonds. The quantitative estimate of drug-likeness (QED) is 0.637. The van der Waals surface area contributed by atoms with Crippen molar-refractivity contribution in [3.8, 4) is 11.3 Å². The number of amides is 3. The third-order valence-electron chi connectivity index (χ3n) is 4.86. The molecule has 29 heavy (non-hydrogen) atoms. The minimum absolute atomic E-state index is 0.210. The molecule has 1 fully saturated rings. The van der Waals surface area contributed by atoms with Crippen molar-refractivity contribution in [2.24, 2.45) is 0 Å². The highest BCUT2D eigenvalue weighted by atomic mass is 32.2. The fourth-order valence-electron chi connectivity index (χ4n) is 3.44. The number of imide groups is 1. The monoisotopic (exact) mass is 421 g/mol. The fraction of sp³-hybridized carbons (Fsp3) is 0.143. The SMILES string of the molecule is O=C(Nc1nc2c(s1)CSc1ccccc1-2)c1ccc(N2C(=O)CCC2=O)cc1. The molecule has 2 aliphatic rings. The van der Waals surface area contributed by atoms with Crippen LogP contribution in [0.25, 0.3) is 11.3 Å². The topological polar surface area (TPSA) is 79.4 Å². The van der Waals surface area contributed by atoms with E-state index in [-0.39, 0.29) is 30.6 Å². The summed E-state index contributed by atoms with van der Waals surface area (Å²) in [6.45, 7) is 0. The molecule has 0 spiro atoms. The van der Waals surface area contributed by atoms with Crippen molar-refractivity contribution in [2.75, 3.05) is 10.2 Å². The lowest BCUT2D eigenvalue weighted by Gasteiger charge is -2.14. The molecule has 2 aliphatic heterocycles. The highest BCUT2D eigenvalue weighted by molar-refractivity contribution is 7.98. The number of carbonyl (C=O) groups is 3. The van der Waals surface area contributed by atoms with E-state index in [4.69, 9.17) is 0 Å². The molecule has 2 aromatic carbocycles. The molecule has 0 atom stereocenters. The summed E-state index contributed by atoms with van der Waals surface area (Å²) in [5.74, 6) is 0.145. The number of fused-ring (bicyclic) bond motifs is 3. The lowest BCUT2D eigenvalue weighted by atomic mass is 10.1. The summed E-state index contributed by atoms with van der Waals surface area (Å²) < 4.78 is 0. The molecule has 0 saturated carbocycles. The molecule has 6 nitrogen and oxygen atoms in total. The maximum atomic E-state index is 12.6. The molecule has 144 valence electrons. The smallest absolute Gasteiger partial charge is 0.257 e. The second-order valence-corrected chi connectivity index (χ2v) is 8.80. The predicted octanol–water partition coefficient (Wildman–Crippen LogP) is 4.32. The molecule has 0 aliphatic carbocycles. The lowest BCUT2D eigenvalue weighted by molar-refractivity contribution is -0.121. The van der Waals surface area contributed by atoms with Crippen molar-refractivity contribution >= 4 is 51.6 Å². The number of nitrogens with zero attached hydrogens (tertiary/aromatic N) is 2. The Morgan fingerprint density at radius 3 is 2.48 bits per heavy atom. The fourth-order valence-corrected chi connectivity index (χ4v) is 5.54. The number of hydrogen-bond donors (Lipinski definition) is 1. The summed E-state index contributed by atoms with van der Waals surface area (Å²) in [6, 6.07) is 14.6. The number of nitrogens with one attached hydrogen (secondary N) is 1. The van der Waals surface area contributed by atoms with E-state index in [0.29, 0.717) is 16.4 Å². The van der Waals surface area contributed by atoms with Crippen LogP contribution >= 0.6 is 23.1 Å². The van der Waals surface area contributed by atoms with Gasteiger partial charge < -0.3 is 0 Å². The molecule has 0 bridgehead atoms. The molecule has 0 unspecified atom stereocenters. The Bertz CT molecular complexity index is 1140. The van der Waals surface area contributed by atoms with Crippen molar-refractivity contribution in [3.63, 3.8) is 0 Å². The number of rotatable bonds is 3. The van der Waals surface area contributed by atoms with Gasteiger partial charge in [-0.3, -0.25) is 24.6 Å². The first kappa shape index (κ1) is 18.1. The van der Waals surface area contributed by atoms with E-state index < -0.39 is 0 Å². The average Bonchev–Trinajstić information content (AvgIpc) is 3.30. The van der Waals surface area contributed by atoms with Gasteiger partial charge in [0.1, 0.15) is 0 Å². The standard InChI is InChI=1S/C21H15N3O3S2/c25-17-9-10-18(26)24(17)13-7-5-12(6-8-13)20(27)23-21-22-19-14-3-1-2-4-15(14)28-11-16(19)29-21/h1-8H,9-11H2,(H,22,23,27). The normalized spacial score (nSPS) is 15.2. The van der Waals surface area contributed by atoms with Crippen LogP contribution in [0.2, 0.25) is 0 Å². The minimum Gasteiger partial charge on any atom is -0.298 e. The molecule has 3 aromatic rings. The Morgan fingerprint density at radius 2 is 1.72 bits per heavy atom. The highest BCUT2D eigenvalue weighted by Crippen LogP contribution is 2.44. The van der Waals surface area contributed by atoms with Crippen LogP contribution in [0.1, 0.15) is 28.1 Å². The van der Waals surface area contributed by atoms with Crippen LogP contribution in [0.15, 0.2) is 53.4 Å². The molecule has 0 radical (unpaired) electrons. The van der Waals surface area contributed by atoms with Gasteiger partial charge in [0.15, 0.2) is 5.13 Å². The maximum absolute atomic E-state index is 12.6. The Morgan fingerprint density at radius 1 is 1.00 bits per heavy atom. The van der Waals surface area contributed by atoms with Crippen LogP contribution in [0.4, 0.5) is 10.8 Å². The van der Waals surface area contributed by atoms with E-state index in [1.807, 2.05) is 18.2 Å². The summed E-state index contributed by atoms with van der Waals surface area (Å²) in [4.78, 5) is 44.5. The molecule has 8 heteroatoms. The number of thioether (sulfide) groups is 1. The van der Waals surface area contributed by atoms with Crippen molar-refractivity contribution < 1.29 is 14.4 Å². The first-order chi connectivity index (χ1) is 14.1. The molecule has 1 N–H and O–H groups in total. The van der Waals surface area contributed by atoms with Gasteiger partial charge in [0.05, 0.1) is 11.4 Å². The van der Waals surface area contributed by atoms with Crippen LogP contribution in [0.3, 0.4) is 0 Å². The van der Waals surface area contributed by atoms with Gasteiger partial charge in [0, 0.05) is 39.5 Å². The van der Waals surface area contributed by atoms with Crippen LogP contribution in [-0.2, 0) is 15.3 Å². The molecular weight excluding hydrogens is 406 g/mol. The van der Waals surface area contributed by atoms with E-state index in [9.17, 15) is 14.4 Å². The van der Waals surface area contributed by atoms with Crippen LogP contribution in [0.5, 0.6) is 0 Å². The second-order valence-electron chi connectivity index (χ2n) is 6.70. The minimum atomic E-state index is -0.275. The van der Waals surface area contributed by atoms with Crippen molar-refractivity contribution in [1.29, 1.82) is 0 Å². The Balaban J connectivity index is 1.35. The third kappa shape index (κ3) is 3.24. The number of hydrogen-bond acceptors (Lipinski definition) is 6. The van der Waals surface area contributed by atoms with Gasteiger partial charge in [0.2, 0.25) is 11.8 Å². The summed E-state index contributed by atoms with van der Waals surface area (Å²) in [5.41, 5.74) is 2.96. The Hall–Kier alpha value is -2.97. The van der Waals surface area contributed by atoms with Crippen molar-refractivity contribution in [3.05, 3.63) is 59.0 Å². The summed E-state index contributed by atoms with van der Waals surface area (Å²) >= 11 is 3.26. The van der Waals surface area contributed by atoms with Gasteiger partial charge in [-0.2, -0.15) is 0 Å². The van der Waals surface area contributed by atoms with Gasteiger partial charge in [-0.15, -0.1) is 23.1 Å². The van der Waals surface area contributed by atoms with E-state index in [2.05, 4.69) is 16.4 Å². The lowest BCUT2D eigenvalue weighted by Crippen LogP contribution is -2.28. The van der Waals surface area contributed by atoms with Crippen LogP contribution in [0, 0.1) is 0 Å². The zero-order valence-corrected chi connectivity index (χ0v) is 16.8. The number of benzene rings is 2. The van der Waals surface area contributed by atoms with Crippen molar-refractivity contribution in [2.45, 2.75) is 23.5 Å². The summed E-state index contributed by atoms with van der Waals surface area (Å²) in [6.07, 6.45) is 0.467. The number of aromatic nitrogens is 1. The van der Waals surface area contributed by atoms with Gasteiger partial charge in [-0.05, 0) is 30.3 Å². The molecule has 5 rings (SSSR count). The molecule has 1 saturated heterocycles. The predicted molar refractivity (Wildman–Crippen MR) is 113 cm³/mol.